The van der Waals surface area contributed by atoms with Crippen LogP contribution in [0.1, 0.15) is 18.4 Å². The highest BCUT2D eigenvalue weighted by Crippen LogP contribution is 2.29. The molecule has 1 amide bonds. The number of amides is 1. The third-order valence-electron chi connectivity index (χ3n) is 4.82. The largest absolute Gasteiger partial charge is 0.369 e. The highest BCUT2D eigenvalue weighted by Gasteiger charge is 2.27. The van der Waals surface area contributed by atoms with Crippen LogP contribution in [0.4, 0.5) is 11.5 Å². The molecule has 0 bridgehead atoms. The van der Waals surface area contributed by atoms with E-state index in [1.54, 1.807) is 18.6 Å². The van der Waals surface area contributed by atoms with Crippen LogP contribution in [0.2, 0.25) is 0 Å². The predicted molar refractivity (Wildman–Crippen MR) is 110 cm³/mol. The number of hydrogen-bond acceptors (Lipinski definition) is 5. The van der Waals surface area contributed by atoms with Crippen LogP contribution >= 0.6 is 15.9 Å². The molecule has 1 aliphatic rings. The molecule has 1 aliphatic heterocycles. The first-order valence-electron chi connectivity index (χ1n) is 8.99. The Labute approximate surface area is 166 Å². The highest BCUT2D eigenvalue weighted by molar-refractivity contribution is 9.10. The van der Waals surface area contributed by atoms with Crippen LogP contribution in [0.3, 0.4) is 0 Å². The minimum absolute atomic E-state index is 0.0186. The molecule has 1 N–H and O–H groups in total. The average molecular weight is 426 g/mol. The summed E-state index contributed by atoms with van der Waals surface area (Å²) in [6, 6.07) is 7.72. The Hall–Kier alpha value is -2.54. The van der Waals surface area contributed by atoms with Crippen LogP contribution in [0.25, 0.3) is 11.0 Å². The van der Waals surface area contributed by atoms with Crippen LogP contribution in [0, 0.1) is 12.8 Å². The second kappa shape index (κ2) is 7.60. The molecule has 138 valence electrons. The molecule has 0 radical (unpaired) electrons. The number of aromatic nitrogens is 3. The lowest BCUT2D eigenvalue weighted by atomic mass is 9.96. The molecule has 0 aliphatic carbocycles. The first kappa shape index (κ1) is 17.9. The van der Waals surface area contributed by atoms with E-state index in [-0.39, 0.29) is 11.8 Å². The minimum Gasteiger partial charge on any atom is -0.369 e. The van der Waals surface area contributed by atoms with Gasteiger partial charge in [-0.3, -0.25) is 14.8 Å². The minimum atomic E-state index is -0.0829. The van der Waals surface area contributed by atoms with Gasteiger partial charge in [0.1, 0.15) is 11.3 Å². The summed E-state index contributed by atoms with van der Waals surface area (Å²) in [5.74, 6) is 0.536. The van der Waals surface area contributed by atoms with Crippen molar-refractivity contribution in [2.75, 3.05) is 23.3 Å². The molecular formula is C20H20BrN5O. The number of pyridine rings is 3. The number of piperidine rings is 1. The number of rotatable bonds is 3. The number of nitrogens with one attached hydrogen (secondary N) is 1. The Morgan fingerprint density at radius 2 is 2.11 bits per heavy atom. The summed E-state index contributed by atoms with van der Waals surface area (Å²) in [5.41, 5.74) is 3.80. The van der Waals surface area contributed by atoms with Crippen LogP contribution in [0.5, 0.6) is 0 Å². The first-order chi connectivity index (χ1) is 13.1. The summed E-state index contributed by atoms with van der Waals surface area (Å²) in [6.07, 6.45) is 7.17. The van der Waals surface area contributed by atoms with E-state index in [1.807, 2.05) is 31.2 Å². The number of nitrogens with zero attached hydrogens (tertiary/aromatic N) is 4. The van der Waals surface area contributed by atoms with Crippen molar-refractivity contribution in [2.45, 2.75) is 19.8 Å². The number of hydrogen-bond donors (Lipinski definition) is 1. The molecule has 0 saturated carbocycles. The molecule has 0 spiro atoms. The number of aryl methyl sites for hydroxylation is 1. The van der Waals surface area contributed by atoms with Gasteiger partial charge in [-0.2, -0.15) is 0 Å². The Kier molecular flexibility index (Phi) is 5.03. The van der Waals surface area contributed by atoms with Gasteiger partial charge < -0.3 is 10.2 Å². The summed E-state index contributed by atoms with van der Waals surface area (Å²) >= 11 is 3.44. The number of carbonyl (C=O) groups excluding carboxylic acids is 1. The Balaban J connectivity index is 1.53. The molecule has 1 atom stereocenters. The van der Waals surface area contributed by atoms with Crippen molar-refractivity contribution in [1.82, 2.24) is 15.0 Å². The topological polar surface area (TPSA) is 71.0 Å². The molecule has 1 saturated heterocycles. The molecule has 1 unspecified atom stereocenters. The molecule has 3 aromatic rings. The maximum absolute atomic E-state index is 12.7. The van der Waals surface area contributed by atoms with E-state index in [9.17, 15) is 4.79 Å². The SMILES string of the molecule is Cc1ccc(NC(=O)C2CCCN(c3ccnc4cc(Br)cnc34)C2)nc1. The number of halogens is 1. The second-order valence-electron chi connectivity index (χ2n) is 6.85. The maximum Gasteiger partial charge on any atom is 0.230 e. The summed E-state index contributed by atoms with van der Waals surface area (Å²) in [6.45, 7) is 3.54. The van der Waals surface area contributed by atoms with Gasteiger partial charge in [-0.25, -0.2) is 4.98 Å². The Bertz CT molecular complexity index is 976. The van der Waals surface area contributed by atoms with Gasteiger partial charge in [-0.1, -0.05) is 6.07 Å². The molecule has 0 aromatic carbocycles. The summed E-state index contributed by atoms with van der Waals surface area (Å²) in [4.78, 5) is 28.2. The molecule has 4 rings (SSSR count). The zero-order chi connectivity index (χ0) is 18.8. The second-order valence-corrected chi connectivity index (χ2v) is 7.76. The van der Waals surface area contributed by atoms with Gasteiger partial charge in [0.2, 0.25) is 5.91 Å². The van der Waals surface area contributed by atoms with Crippen molar-refractivity contribution in [2.24, 2.45) is 5.92 Å². The van der Waals surface area contributed by atoms with Crippen molar-refractivity contribution < 1.29 is 4.79 Å². The van der Waals surface area contributed by atoms with Crippen LogP contribution in [-0.4, -0.2) is 33.9 Å². The zero-order valence-electron chi connectivity index (χ0n) is 15.0. The van der Waals surface area contributed by atoms with Gasteiger partial charge in [-0.15, -0.1) is 0 Å². The average Bonchev–Trinajstić information content (AvgIpc) is 2.69. The summed E-state index contributed by atoms with van der Waals surface area (Å²) in [5, 5.41) is 2.94. The molecule has 7 heteroatoms. The van der Waals surface area contributed by atoms with Crippen molar-refractivity contribution in [3.05, 3.63) is 52.9 Å². The normalized spacial score (nSPS) is 17.1. The molecule has 4 heterocycles. The fourth-order valence-corrected chi connectivity index (χ4v) is 3.75. The first-order valence-corrected chi connectivity index (χ1v) is 9.78. The van der Waals surface area contributed by atoms with E-state index in [0.29, 0.717) is 12.4 Å². The van der Waals surface area contributed by atoms with E-state index < -0.39 is 0 Å². The van der Waals surface area contributed by atoms with Crippen LogP contribution in [0.15, 0.2) is 47.3 Å². The summed E-state index contributed by atoms with van der Waals surface area (Å²) in [7, 11) is 0. The molecule has 27 heavy (non-hydrogen) atoms. The third-order valence-corrected chi connectivity index (χ3v) is 5.25. The predicted octanol–water partition coefficient (Wildman–Crippen LogP) is 3.95. The van der Waals surface area contributed by atoms with E-state index in [0.717, 1.165) is 46.1 Å². The van der Waals surface area contributed by atoms with Crippen LogP contribution < -0.4 is 10.2 Å². The molecular weight excluding hydrogens is 406 g/mol. The van der Waals surface area contributed by atoms with Gasteiger partial charge in [0.15, 0.2) is 0 Å². The van der Waals surface area contributed by atoms with Crippen molar-refractivity contribution in [1.29, 1.82) is 0 Å². The van der Waals surface area contributed by atoms with E-state index in [1.165, 1.54) is 0 Å². The van der Waals surface area contributed by atoms with Crippen LogP contribution in [-0.2, 0) is 4.79 Å². The maximum atomic E-state index is 12.7. The molecule has 6 nitrogen and oxygen atoms in total. The van der Waals surface area contributed by atoms with Gasteiger partial charge in [0.05, 0.1) is 17.1 Å². The van der Waals surface area contributed by atoms with Gasteiger partial charge in [0.25, 0.3) is 0 Å². The van der Waals surface area contributed by atoms with Crippen molar-refractivity contribution >= 4 is 44.4 Å². The Morgan fingerprint density at radius 3 is 2.93 bits per heavy atom. The standard InChI is InChI=1S/C20H20BrN5O/c1-13-4-5-18(23-10-13)25-20(27)14-3-2-8-26(12-14)17-6-7-22-16-9-15(21)11-24-19(16)17/h4-7,9-11,14H,2-3,8,12H2,1H3,(H,23,25,27). The monoisotopic (exact) mass is 425 g/mol. The summed E-state index contributed by atoms with van der Waals surface area (Å²) < 4.78 is 0.904. The van der Waals surface area contributed by atoms with Gasteiger partial charge in [-0.05, 0) is 59.5 Å². The quantitative estimate of drug-likeness (QED) is 0.687. The lowest BCUT2D eigenvalue weighted by Gasteiger charge is -2.34. The molecule has 1 fully saturated rings. The van der Waals surface area contributed by atoms with E-state index >= 15 is 0 Å². The van der Waals surface area contributed by atoms with E-state index in [2.05, 4.69) is 41.1 Å². The third kappa shape index (κ3) is 3.93. The van der Waals surface area contributed by atoms with Gasteiger partial charge >= 0.3 is 0 Å². The number of carbonyl (C=O) groups is 1. The lowest BCUT2D eigenvalue weighted by Crippen LogP contribution is -2.41. The zero-order valence-corrected chi connectivity index (χ0v) is 16.6. The number of anilines is 2. The smallest absolute Gasteiger partial charge is 0.230 e. The fourth-order valence-electron chi connectivity index (χ4n) is 3.43. The Morgan fingerprint density at radius 1 is 1.22 bits per heavy atom. The lowest BCUT2D eigenvalue weighted by molar-refractivity contribution is -0.120. The fraction of sp³-hybridized carbons (Fsp3) is 0.300. The highest BCUT2D eigenvalue weighted by atomic mass is 79.9. The van der Waals surface area contributed by atoms with Crippen molar-refractivity contribution in [3.63, 3.8) is 0 Å². The van der Waals surface area contributed by atoms with Gasteiger partial charge in [0, 0.05) is 36.2 Å². The van der Waals surface area contributed by atoms with E-state index in [4.69, 9.17) is 0 Å². The molecule has 3 aromatic heterocycles. The van der Waals surface area contributed by atoms with Crippen molar-refractivity contribution in [3.8, 4) is 0 Å². The number of fused-ring (bicyclic) bond motifs is 1.